The van der Waals surface area contributed by atoms with Crippen LogP contribution in [0.2, 0.25) is 0 Å². The SMILES string of the molecule is N=C(NC(=O)C=Cc1ccccc1)NC(=O)c1ccccc1. The van der Waals surface area contributed by atoms with E-state index in [2.05, 4.69) is 10.6 Å². The molecule has 5 nitrogen and oxygen atoms in total. The summed E-state index contributed by atoms with van der Waals surface area (Å²) < 4.78 is 0. The van der Waals surface area contributed by atoms with Gasteiger partial charge in [0.05, 0.1) is 0 Å². The number of nitrogens with one attached hydrogen (secondary N) is 3. The number of benzene rings is 2. The largest absolute Gasteiger partial charge is 0.293 e. The monoisotopic (exact) mass is 293 g/mol. The lowest BCUT2D eigenvalue weighted by Gasteiger charge is -2.06. The highest BCUT2D eigenvalue weighted by Gasteiger charge is 2.08. The Morgan fingerprint density at radius 3 is 2.09 bits per heavy atom. The first-order chi connectivity index (χ1) is 10.6. The van der Waals surface area contributed by atoms with Crippen LogP contribution < -0.4 is 10.6 Å². The molecule has 3 N–H and O–H groups in total. The van der Waals surface area contributed by atoms with Crippen molar-refractivity contribution in [2.24, 2.45) is 0 Å². The fraction of sp³-hybridized carbons (Fsp3) is 0. The third-order valence-corrected chi connectivity index (χ3v) is 2.75. The van der Waals surface area contributed by atoms with E-state index in [1.165, 1.54) is 6.08 Å². The van der Waals surface area contributed by atoms with Gasteiger partial charge in [-0.3, -0.25) is 25.6 Å². The van der Waals surface area contributed by atoms with Crippen molar-refractivity contribution in [1.29, 1.82) is 5.41 Å². The molecule has 2 amide bonds. The predicted octanol–water partition coefficient (Wildman–Crippen LogP) is 2.18. The van der Waals surface area contributed by atoms with E-state index in [1.807, 2.05) is 30.3 Å². The second-order valence-corrected chi connectivity index (χ2v) is 4.43. The standard InChI is InChI=1S/C17H15N3O2/c18-17(20-16(22)14-9-5-2-6-10-14)19-15(21)12-11-13-7-3-1-4-8-13/h1-12H,(H3,18,19,20,21,22). The Labute approximate surface area is 128 Å². The predicted molar refractivity (Wildman–Crippen MR) is 85.3 cm³/mol. The molecule has 0 aliphatic heterocycles. The Balaban J connectivity index is 1.85. The van der Waals surface area contributed by atoms with Gasteiger partial charge in [-0.25, -0.2) is 0 Å². The Kier molecular flexibility index (Phi) is 5.20. The average Bonchev–Trinajstić information content (AvgIpc) is 2.54. The number of guanidine groups is 1. The van der Waals surface area contributed by atoms with E-state index in [-0.39, 0.29) is 5.96 Å². The molecule has 110 valence electrons. The van der Waals surface area contributed by atoms with Crippen molar-refractivity contribution in [3.63, 3.8) is 0 Å². The van der Waals surface area contributed by atoms with E-state index < -0.39 is 11.8 Å². The highest BCUT2D eigenvalue weighted by atomic mass is 16.2. The molecule has 0 aliphatic rings. The van der Waals surface area contributed by atoms with Crippen LogP contribution in [-0.4, -0.2) is 17.8 Å². The maximum atomic E-state index is 11.8. The van der Waals surface area contributed by atoms with E-state index in [9.17, 15) is 9.59 Å². The van der Waals surface area contributed by atoms with E-state index in [4.69, 9.17) is 5.41 Å². The molecular formula is C17H15N3O2. The zero-order chi connectivity index (χ0) is 15.8. The Morgan fingerprint density at radius 1 is 0.864 bits per heavy atom. The summed E-state index contributed by atoms with van der Waals surface area (Å²) in [4.78, 5) is 23.4. The molecule has 0 aliphatic carbocycles. The third kappa shape index (κ3) is 4.72. The number of hydrogen-bond donors (Lipinski definition) is 3. The molecule has 0 spiro atoms. The quantitative estimate of drug-likeness (QED) is 0.460. The summed E-state index contributed by atoms with van der Waals surface area (Å²) in [6, 6.07) is 17.8. The molecule has 2 aromatic rings. The molecule has 0 saturated heterocycles. The lowest BCUT2D eigenvalue weighted by atomic mass is 10.2. The Bertz CT molecular complexity index is 694. The van der Waals surface area contributed by atoms with E-state index in [0.29, 0.717) is 5.56 Å². The van der Waals surface area contributed by atoms with Crippen molar-refractivity contribution >= 4 is 23.8 Å². The average molecular weight is 293 g/mol. The van der Waals surface area contributed by atoms with Crippen LogP contribution >= 0.6 is 0 Å². The summed E-state index contributed by atoms with van der Waals surface area (Å²) in [5.41, 5.74) is 1.29. The maximum absolute atomic E-state index is 11.8. The van der Waals surface area contributed by atoms with Crippen molar-refractivity contribution in [1.82, 2.24) is 10.6 Å². The Hall–Kier alpha value is -3.21. The number of carbonyl (C=O) groups is 2. The van der Waals surface area contributed by atoms with Gasteiger partial charge in [0.2, 0.25) is 5.96 Å². The molecule has 22 heavy (non-hydrogen) atoms. The summed E-state index contributed by atoms with van der Waals surface area (Å²) in [6.45, 7) is 0. The van der Waals surface area contributed by atoms with E-state index >= 15 is 0 Å². The van der Waals surface area contributed by atoms with Gasteiger partial charge in [0.15, 0.2) is 0 Å². The van der Waals surface area contributed by atoms with E-state index in [1.54, 1.807) is 36.4 Å². The second-order valence-electron chi connectivity index (χ2n) is 4.43. The zero-order valence-electron chi connectivity index (χ0n) is 11.7. The molecular weight excluding hydrogens is 278 g/mol. The molecule has 0 bridgehead atoms. The summed E-state index contributed by atoms with van der Waals surface area (Å²) in [5, 5.41) is 12.2. The molecule has 5 heteroatoms. The smallest absolute Gasteiger partial charge is 0.257 e. The minimum absolute atomic E-state index is 0.364. The fourth-order valence-electron chi connectivity index (χ4n) is 1.71. The van der Waals surface area contributed by atoms with Crippen molar-refractivity contribution in [2.45, 2.75) is 0 Å². The number of carbonyl (C=O) groups excluding carboxylic acids is 2. The molecule has 0 radical (unpaired) electrons. The maximum Gasteiger partial charge on any atom is 0.257 e. The molecule has 0 aromatic heterocycles. The summed E-state index contributed by atoms with van der Waals surface area (Å²) in [5.74, 6) is -1.29. The molecule has 0 fully saturated rings. The van der Waals surface area contributed by atoms with Crippen molar-refractivity contribution < 1.29 is 9.59 Å². The lowest BCUT2D eigenvalue weighted by Crippen LogP contribution is -2.42. The van der Waals surface area contributed by atoms with Gasteiger partial charge in [-0.05, 0) is 23.8 Å². The summed E-state index contributed by atoms with van der Waals surface area (Å²) in [7, 11) is 0. The van der Waals surface area contributed by atoms with Gasteiger partial charge in [0.25, 0.3) is 11.8 Å². The molecule has 0 heterocycles. The topological polar surface area (TPSA) is 82.1 Å². The molecule has 2 rings (SSSR count). The second kappa shape index (κ2) is 7.54. The number of rotatable bonds is 3. The molecule has 0 atom stereocenters. The van der Waals surface area contributed by atoms with Crippen molar-refractivity contribution in [3.8, 4) is 0 Å². The minimum atomic E-state index is -0.484. The third-order valence-electron chi connectivity index (χ3n) is 2.75. The fourth-order valence-corrected chi connectivity index (χ4v) is 1.71. The van der Waals surface area contributed by atoms with Crippen LogP contribution in [0.5, 0.6) is 0 Å². The zero-order valence-corrected chi connectivity index (χ0v) is 11.7. The van der Waals surface area contributed by atoms with Crippen LogP contribution in [0.15, 0.2) is 66.7 Å². The van der Waals surface area contributed by atoms with Gasteiger partial charge in [-0.1, -0.05) is 48.5 Å². The molecule has 2 aromatic carbocycles. The minimum Gasteiger partial charge on any atom is -0.293 e. The molecule has 0 unspecified atom stereocenters. The number of amides is 2. The van der Waals surface area contributed by atoms with Crippen molar-refractivity contribution in [3.05, 3.63) is 77.9 Å². The van der Waals surface area contributed by atoms with Crippen LogP contribution in [-0.2, 0) is 4.79 Å². The molecule has 0 saturated carbocycles. The van der Waals surface area contributed by atoms with Gasteiger partial charge < -0.3 is 0 Å². The number of hydrogen-bond acceptors (Lipinski definition) is 3. The summed E-state index contributed by atoms with van der Waals surface area (Å²) in [6.07, 6.45) is 2.93. The normalized spacial score (nSPS) is 10.2. The van der Waals surface area contributed by atoms with Gasteiger partial charge in [-0.15, -0.1) is 0 Å². The van der Waals surface area contributed by atoms with Gasteiger partial charge in [-0.2, -0.15) is 0 Å². The summed E-state index contributed by atoms with van der Waals surface area (Å²) >= 11 is 0. The van der Waals surface area contributed by atoms with Crippen LogP contribution in [0, 0.1) is 5.41 Å². The van der Waals surface area contributed by atoms with Crippen molar-refractivity contribution in [2.75, 3.05) is 0 Å². The first-order valence-corrected chi connectivity index (χ1v) is 6.64. The highest BCUT2D eigenvalue weighted by molar-refractivity contribution is 6.10. The van der Waals surface area contributed by atoms with Crippen LogP contribution in [0.25, 0.3) is 6.08 Å². The first kappa shape index (κ1) is 15.2. The van der Waals surface area contributed by atoms with Gasteiger partial charge in [0.1, 0.15) is 0 Å². The van der Waals surface area contributed by atoms with Gasteiger partial charge >= 0.3 is 0 Å². The Morgan fingerprint density at radius 2 is 1.45 bits per heavy atom. The van der Waals surface area contributed by atoms with Crippen LogP contribution in [0.3, 0.4) is 0 Å². The van der Waals surface area contributed by atoms with E-state index in [0.717, 1.165) is 5.56 Å². The van der Waals surface area contributed by atoms with Crippen LogP contribution in [0.1, 0.15) is 15.9 Å². The van der Waals surface area contributed by atoms with Crippen LogP contribution in [0.4, 0.5) is 0 Å². The highest BCUT2D eigenvalue weighted by Crippen LogP contribution is 2.00. The van der Waals surface area contributed by atoms with Gasteiger partial charge in [0, 0.05) is 11.6 Å². The first-order valence-electron chi connectivity index (χ1n) is 6.64. The lowest BCUT2D eigenvalue weighted by molar-refractivity contribution is -0.115.